The van der Waals surface area contributed by atoms with Crippen LogP contribution in [0, 0.1) is 5.82 Å². The molecule has 0 aliphatic heterocycles. The second-order valence-corrected chi connectivity index (χ2v) is 5.18. The molecule has 2 rings (SSSR count). The van der Waals surface area contributed by atoms with Crippen molar-refractivity contribution in [1.29, 1.82) is 0 Å². The van der Waals surface area contributed by atoms with Crippen LogP contribution in [0.25, 0.3) is 0 Å². The van der Waals surface area contributed by atoms with E-state index in [0.29, 0.717) is 15.6 Å². The molecule has 1 N–H and O–H groups in total. The Labute approximate surface area is 125 Å². The van der Waals surface area contributed by atoms with Gasteiger partial charge in [0.05, 0.1) is 16.0 Å². The van der Waals surface area contributed by atoms with Gasteiger partial charge in [-0.25, -0.2) is 4.39 Å². The summed E-state index contributed by atoms with van der Waals surface area (Å²) in [5.74, 6) is -2.57. The zero-order chi connectivity index (χ0) is 14.7. The van der Waals surface area contributed by atoms with E-state index in [-0.39, 0.29) is 12.0 Å². The fraction of sp³-hybridized carbons (Fsp3) is 0.133. The normalized spacial score (nSPS) is 12.2. The van der Waals surface area contributed by atoms with Crippen molar-refractivity contribution in [2.24, 2.45) is 0 Å². The molecule has 0 aliphatic carbocycles. The monoisotopic (exact) mass is 312 g/mol. The van der Waals surface area contributed by atoms with Gasteiger partial charge >= 0.3 is 5.97 Å². The minimum atomic E-state index is -1.08. The molecule has 20 heavy (non-hydrogen) atoms. The Balaban J connectivity index is 2.33. The van der Waals surface area contributed by atoms with Crippen molar-refractivity contribution in [3.63, 3.8) is 0 Å². The number of benzene rings is 2. The van der Waals surface area contributed by atoms with Gasteiger partial charge in [-0.3, -0.25) is 4.79 Å². The van der Waals surface area contributed by atoms with Crippen molar-refractivity contribution in [3.8, 4) is 0 Å². The molecule has 0 aromatic heterocycles. The summed E-state index contributed by atoms with van der Waals surface area (Å²) >= 11 is 11.7. The Bertz CT molecular complexity index is 644. The van der Waals surface area contributed by atoms with Gasteiger partial charge in [-0.2, -0.15) is 0 Å². The zero-order valence-electron chi connectivity index (χ0n) is 10.3. The van der Waals surface area contributed by atoms with Crippen LogP contribution in [0.15, 0.2) is 42.5 Å². The van der Waals surface area contributed by atoms with Crippen LogP contribution in [-0.2, 0) is 11.2 Å². The molecule has 0 fully saturated rings. The smallest absolute Gasteiger partial charge is 0.311 e. The van der Waals surface area contributed by atoms with E-state index in [2.05, 4.69) is 0 Å². The van der Waals surface area contributed by atoms with Crippen LogP contribution >= 0.6 is 23.2 Å². The lowest BCUT2D eigenvalue weighted by Crippen LogP contribution is -2.16. The predicted octanol–water partition coefficient (Wildman–Crippen LogP) is 4.54. The second kappa shape index (κ2) is 6.25. The van der Waals surface area contributed by atoms with Crippen LogP contribution in [0.1, 0.15) is 17.0 Å². The van der Waals surface area contributed by atoms with Gasteiger partial charge in [-0.1, -0.05) is 47.5 Å². The average molecular weight is 313 g/mol. The third kappa shape index (κ3) is 3.30. The summed E-state index contributed by atoms with van der Waals surface area (Å²) in [5, 5.41) is 10.1. The third-order valence-electron chi connectivity index (χ3n) is 3.00. The Morgan fingerprint density at radius 2 is 1.85 bits per heavy atom. The standard InChI is InChI=1S/C15H11Cl2FO2/c16-12-6-5-9(8-13(12)17)7-11(15(19)20)10-3-1-2-4-14(10)18/h1-6,8,11H,7H2,(H,19,20). The Morgan fingerprint density at radius 1 is 1.15 bits per heavy atom. The number of carboxylic acids is 1. The first kappa shape index (κ1) is 14.8. The maximum absolute atomic E-state index is 13.7. The van der Waals surface area contributed by atoms with Crippen molar-refractivity contribution in [3.05, 3.63) is 69.5 Å². The third-order valence-corrected chi connectivity index (χ3v) is 3.74. The minimum absolute atomic E-state index is 0.146. The molecule has 0 bridgehead atoms. The van der Waals surface area contributed by atoms with Gasteiger partial charge < -0.3 is 5.11 Å². The number of rotatable bonds is 4. The molecule has 2 nitrogen and oxygen atoms in total. The number of hydrogen-bond acceptors (Lipinski definition) is 1. The Kier molecular flexibility index (Phi) is 4.63. The van der Waals surface area contributed by atoms with Gasteiger partial charge in [0.1, 0.15) is 5.82 Å². The highest BCUT2D eigenvalue weighted by Crippen LogP contribution is 2.28. The highest BCUT2D eigenvalue weighted by molar-refractivity contribution is 6.42. The van der Waals surface area contributed by atoms with Crippen LogP contribution in [0.3, 0.4) is 0 Å². The average Bonchev–Trinajstić information content (AvgIpc) is 2.41. The second-order valence-electron chi connectivity index (χ2n) is 4.36. The first-order valence-electron chi connectivity index (χ1n) is 5.90. The summed E-state index contributed by atoms with van der Waals surface area (Å²) < 4.78 is 13.7. The van der Waals surface area contributed by atoms with Crippen LogP contribution in [-0.4, -0.2) is 11.1 Å². The van der Waals surface area contributed by atoms with E-state index in [4.69, 9.17) is 23.2 Å². The molecule has 104 valence electrons. The van der Waals surface area contributed by atoms with Gasteiger partial charge in [0, 0.05) is 5.56 Å². The van der Waals surface area contributed by atoms with Crippen LogP contribution in [0.2, 0.25) is 10.0 Å². The molecule has 0 saturated carbocycles. The number of aliphatic carboxylic acids is 1. The molecule has 5 heteroatoms. The van der Waals surface area contributed by atoms with Crippen molar-refractivity contribution in [1.82, 2.24) is 0 Å². The van der Waals surface area contributed by atoms with Crippen molar-refractivity contribution >= 4 is 29.2 Å². The highest BCUT2D eigenvalue weighted by Gasteiger charge is 2.23. The van der Waals surface area contributed by atoms with Gasteiger partial charge in [0.2, 0.25) is 0 Å². The Hall–Kier alpha value is -1.58. The summed E-state index contributed by atoms with van der Waals surface area (Å²) in [4.78, 5) is 11.4. The first-order valence-corrected chi connectivity index (χ1v) is 6.66. The lowest BCUT2D eigenvalue weighted by molar-refractivity contribution is -0.138. The summed E-state index contributed by atoms with van der Waals surface area (Å²) in [6.07, 6.45) is 0.146. The fourth-order valence-electron chi connectivity index (χ4n) is 1.99. The van der Waals surface area contributed by atoms with E-state index in [9.17, 15) is 14.3 Å². The molecule has 0 saturated heterocycles. The van der Waals surface area contributed by atoms with Gasteiger partial charge in [0.15, 0.2) is 0 Å². The maximum atomic E-state index is 13.7. The van der Waals surface area contributed by atoms with E-state index in [1.165, 1.54) is 18.2 Å². The molecule has 0 aliphatic rings. The SMILES string of the molecule is O=C(O)C(Cc1ccc(Cl)c(Cl)c1)c1ccccc1F. The minimum Gasteiger partial charge on any atom is -0.481 e. The maximum Gasteiger partial charge on any atom is 0.311 e. The van der Waals surface area contributed by atoms with Crippen LogP contribution in [0.5, 0.6) is 0 Å². The highest BCUT2D eigenvalue weighted by atomic mass is 35.5. The van der Waals surface area contributed by atoms with E-state index < -0.39 is 17.7 Å². The van der Waals surface area contributed by atoms with Crippen LogP contribution < -0.4 is 0 Å². The summed E-state index contributed by atoms with van der Waals surface area (Å²) in [6, 6.07) is 10.7. The van der Waals surface area contributed by atoms with Gasteiger partial charge in [-0.05, 0) is 30.2 Å². The molecule has 1 atom stereocenters. The number of hydrogen-bond donors (Lipinski definition) is 1. The molecule has 0 amide bonds. The summed E-state index contributed by atoms with van der Waals surface area (Å²) in [7, 11) is 0. The van der Waals surface area contributed by atoms with E-state index >= 15 is 0 Å². The molecule has 2 aromatic carbocycles. The first-order chi connectivity index (χ1) is 9.49. The molecule has 1 unspecified atom stereocenters. The zero-order valence-corrected chi connectivity index (χ0v) is 11.8. The number of halogens is 3. The van der Waals surface area contributed by atoms with Crippen molar-refractivity contribution < 1.29 is 14.3 Å². The van der Waals surface area contributed by atoms with Gasteiger partial charge in [-0.15, -0.1) is 0 Å². The van der Waals surface area contributed by atoms with Crippen molar-refractivity contribution in [2.75, 3.05) is 0 Å². The quantitative estimate of drug-likeness (QED) is 0.899. The summed E-state index contributed by atoms with van der Waals surface area (Å²) in [5.41, 5.74) is 0.848. The number of carboxylic acid groups (broad SMARTS) is 1. The molecule has 0 radical (unpaired) electrons. The molecular formula is C15H11Cl2FO2. The van der Waals surface area contributed by atoms with Crippen LogP contribution in [0.4, 0.5) is 4.39 Å². The lowest BCUT2D eigenvalue weighted by atomic mass is 9.92. The molecule has 0 heterocycles. The largest absolute Gasteiger partial charge is 0.481 e. The van der Waals surface area contributed by atoms with E-state index in [1.54, 1.807) is 24.3 Å². The molecule has 0 spiro atoms. The topological polar surface area (TPSA) is 37.3 Å². The van der Waals surface area contributed by atoms with Crippen molar-refractivity contribution in [2.45, 2.75) is 12.3 Å². The lowest BCUT2D eigenvalue weighted by Gasteiger charge is -2.14. The van der Waals surface area contributed by atoms with Gasteiger partial charge in [0.25, 0.3) is 0 Å². The van der Waals surface area contributed by atoms with E-state index in [0.717, 1.165) is 0 Å². The Morgan fingerprint density at radius 3 is 2.45 bits per heavy atom. The number of carbonyl (C=O) groups is 1. The molecule has 2 aromatic rings. The van der Waals surface area contributed by atoms with E-state index in [1.807, 2.05) is 0 Å². The predicted molar refractivity (Wildman–Crippen MR) is 76.9 cm³/mol. The summed E-state index contributed by atoms with van der Waals surface area (Å²) in [6.45, 7) is 0. The molecular weight excluding hydrogens is 302 g/mol. The fourth-order valence-corrected chi connectivity index (χ4v) is 2.31.